The quantitative estimate of drug-likeness (QED) is 0.363. The number of anilines is 1. The molecule has 2 aromatic carbocycles. The first-order chi connectivity index (χ1) is 15.8. The number of unbranched alkanes of at least 4 members (excludes halogenated alkanes) is 7. The monoisotopic (exact) mass is 474 g/mol. The van der Waals surface area contributed by atoms with E-state index in [4.69, 9.17) is 4.74 Å². The molecule has 0 aliphatic heterocycles. The van der Waals surface area contributed by atoms with Crippen molar-refractivity contribution in [3.8, 4) is 5.75 Å². The minimum absolute atomic E-state index is 0.0847. The molecule has 180 valence electrons. The SMILES string of the molecule is CCCCCCCCCCOc1cccc(C(=O)Nc2ccccc2S(=O)(=O)NC(C)=O)c1. The Hall–Kier alpha value is -2.87. The number of ether oxygens (including phenoxy) is 1. The van der Waals surface area contributed by atoms with Crippen LogP contribution in [0.1, 0.15) is 75.6 Å². The van der Waals surface area contributed by atoms with Gasteiger partial charge in [0.2, 0.25) is 5.91 Å². The number of rotatable bonds is 14. The van der Waals surface area contributed by atoms with Crippen LogP contribution in [0, 0.1) is 0 Å². The Balaban J connectivity index is 1.91. The number of nitrogens with one attached hydrogen (secondary N) is 2. The van der Waals surface area contributed by atoms with E-state index in [1.165, 1.54) is 56.7 Å². The molecule has 2 amide bonds. The summed E-state index contributed by atoms with van der Waals surface area (Å²) in [5.74, 6) is -0.597. The van der Waals surface area contributed by atoms with Crippen molar-refractivity contribution < 1.29 is 22.7 Å². The van der Waals surface area contributed by atoms with Crippen LogP contribution in [0.25, 0.3) is 0 Å². The van der Waals surface area contributed by atoms with Crippen molar-refractivity contribution in [3.05, 3.63) is 54.1 Å². The maximum absolute atomic E-state index is 12.7. The van der Waals surface area contributed by atoms with Crippen LogP contribution in [0.2, 0.25) is 0 Å². The number of carbonyl (C=O) groups is 2. The fourth-order valence-corrected chi connectivity index (χ4v) is 4.55. The van der Waals surface area contributed by atoms with Gasteiger partial charge in [0.05, 0.1) is 12.3 Å². The maximum Gasteiger partial charge on any atom is 0.266 e. The average molecular weight is 475 g/mol. The summed E-state index contributed by atoms with van der Waals surface area (Å²) in [7, 11) is -4.09. The summed E-state index contributed by atoms with van der Waals surface area (Å²) < 4.78 is 32.5. The Morgan fingerprint density at radius 1 is 0.879 bits per heavy atom. The molecule has 33 heavy (non-hydrogen) atoms. The number of hydrogen-bond acceptors (Lipinski definition) is 5. The Morgan fingerprint density at radius 2 is 1.55 bits per heavy atom. The van der Waals surface area contributed by atoms with Crippen LogP contribution < -0.4 is 14.8 Å². The summed E-state index contributed by atoms with van der Waals surface area (Å²) in [5.41, 5.74) is 0.427. The smallest absolute Gasteiger partial charge is 0.266 e. The summed E-state index contributed by atoms with van der Waals surface area (Å²) in [4.78, 5) is 23.8. The fraction of sp³-hybridized carbons (Fsp3) is 0.440. The highest BCUT2D eigenvalue weighted by molar-refractivity contribution is 7.90. The third kappa shape index (κ3) is 9.26. The van der Waals surface area contributed by atoms with Crippen molar-refractivity contribution in [3.63, 3.8) is 0 Å². The van der Waals surface area contributed by atoms with Crippen LogP contribution in [0.3, 0.4) is 0 Å². The van der Waals surface area contributed by atoms with Crippen LogP contribution in [-0.2, 0) is 14.8 Å². The fourth-order valence-electron chi connectivity index (χ4n) is 3.40. The molecule has 2 aromatic rings. The van der Waals surface area contributed by atoms with Gasteiger partial charge in [-0.25, -0.2) is 13.1 Å². The molecule has 0 heterocycles. The number of benzene rings is 2. The number of amides is 2. The molecule has 2 N–H and O–H groups in total. The minimum Gasteiger partial charge on any atom is -0.494 e. The molecule has 2 rings (SSSR count). The highest BCUT2D eigenvalue weighted by Gasteiger charge is 2.21. The van der Waals surface area contributed by atoms with Crippen LogP contribution >= 0.6 is 0 Å². The van der Waals surface area contributed by atoms with E-state index < -0.39 is 21.8 Å². The van der Waals surface area contributed by atoms with E-state index in [0.29, 0.717) is 17.9 Å². The molecular formula is C25H34N2O5S. The number of sulfonamides is 1. The number of hydrogen-bond donors (Lipinski definition) is 2. The van der Waals surface area contributed by atoms with Crippen molar-refractivity contribution in [2.75, 3.05) is 11.9 Å². The molecule has 0 spiro atoms. The lowest BCUT2D eigenvalue weighted by molar-refractivity contribution is -0.117. The summed E-state index contributed by atoms with van der Waals surface area (Å²) in [6.45, 7) is 3.91. The van der Waals surface area contributed by atoms with Crippen LogP contribution in [0.5, 0.6) is 5.75 Å². The molecule has 0 unspecified atom stereocenters. The highest BCUT2D eigenvalue weighted by Crippen LogP contribution is 2.22. The van der Waals surface area contributed by atoms with Crippen molar-refractivity contribution in [1.29, 1.82) is 0 Å². The minimum atomic E-state index is -4.09. The van der Waals surface area contributed by atoms with E-state index in [9.17, 15) is 18.0 Å². The zero-order valence-corrected chi connectivity index (χ0v) is 20.2. The molecule has 0 aliphatic rings. The van der Waals surface area contributed by atoms with Gasteiger partial charge in [-0.15, -0.1) is 0 Å². The van der Waals surface area contributed by atoms with Crippen molar-refractivity contribution >= 4 is 27.5 Å². The van der Waals surface area contributed by atoms with Crippen LogP contribution in [0.4, 0.5) is 5.69 Å². The second kappa shape index (κ2) is 13.6. The Morgan fingerprint density at radius 3 is 2.24 bits per heavy atom. The first kappa shape index (κ1) is 26.4. The molecular weight excluding hydrogens is 440 g/mol. The predicted molar refractivity (Wildman–Crippen MR) is 130 cm³/mol. The van der Waals surface area contributed by atoms with E-state index >= 15 is 0 Å². The lowest BCUT2D eigenvalue weighted by atomic mass is 10.1. The Bertz CT molecular complexity index is 1020. The lowest BCUT2D eigenvalue weighted by Crippen LogP contribution is -2.29. The van der Waals surface area contributed by atoms with Gasteiger partial charge in [0.25, 0.3) is 15.9 Å². The van der Waals surface area contributed by atoms with Crippen molar-refractivity contribution in [1.82, 2.24) is 4.72 Å². The maximum atomic E-state index is 12.7. The zero-order chi connectivity index (χ0) is 24.1. The predicted octanol–water partition coefficient (Wildman–Crippen LogP) is 5.28. The Kier molecular flexibility index (Phi) is 10.9. The Labute approximate surface area is 197 Å². The first-order valence-corrected chi connectivity index (χ1v) is 13.0. The molecule has 0 radical (unpaired) electrons. The molecule has 7 nitrogen and oxygen atoms in total. The van der Waals surface area contributed by atoms with Gasteiger partial charge in [0, 0.05) is 12.5 Å². The standard InChI is InChI=1S/C25H34N2O5S/c1-3-4-5-6-7-8-9-12-18-32-22-15-13-14-21(19-22)25(29)26-23-16-10-11-17-24(23)33(30,31)27-20(2)28/h10-11,13-17,19H,3-9,12,18H2,1-2H3,(H,26,29)(H,27,28). The van der Waals surface area contributed by atoms with Gasteiger partial charge in [-0.05, 0) is 36.8 Å². The van der Waals surface area contributed by atoms with Crippen LogP contribution in [0.15, 0.2) is 53.4 Å². The largest absolute Gasteiger partial charge is 0.494 e. The summed E-state index contributed by atoms with van der Waals surface area (Å²) in [6, 6.07) is 12.7. The van der Waals surface area contributed by atoms with Gasteiger partial charge in [-0.3, -0.25) is 9.59 Å². The molecule has 0 saturated heterocycles. The first-order valence-electron chi connectivity index (χ1n) is 11.5. The van der Waals surface area contributed by atoms with E-state index in [-0.39, 0.29) is 10.6 Å². The van der Waals surface area contributed by atoms with E-state index in [1.54, 1.807) is 30.3 Å². The topological polar surface area (TPSA) is 102 Å². The van der Waals surface area contributed by atoms with Gasteiger partial charge in [-0.2, -0.15) is 0 Å². The average Bonchev–Trinajstić information content (AvgIpc) is 2.77. The van der Waals surface area contributed by atoms with Gasteiger partial charge in [-0.1, -0.05) is 70.1 Å². The molecule has 0 atom stereocenters. The van der Waals surface area contributed by atoms with Crippen LogP contribution in [-0.4, -0.2) is 26.8 Å². The normalized spacial score (nSPS) is 11.1. The molecule has 0 fully saturated rings. The number of para-hydroxylation sites is 1. The molecule has 8 heteroatoms. The summed E-state index contributed by atoms with van der Waals surface area (Å²) in [5, 5.41) is 2.61. The molecule has 0 bridgehead atoms. The van der Waals surface area contributed by atoms with Crippen molar-refractivity contribution in [2.24, 2.45) is 0 Å². The highest BCUT2D eigenvalue weighted by atomic mass is 32.2. The van der Waals surface area contributed by atoms with Crippen molar-refractivity contribution in [2.45, 2.75) is 70.1 Å². The summed E-state index contributed by atoms with van der Waals surface area (Å²) in [6.07, 6.45) is 9.71. The van der Waals surface area contributed by atoms with Gasteiger partial charge >= 0.3 is 0 Å². The number of carbonyl (C=O) groups excluding carboxylic acids is 2. The summed E-state index contributed by atoms with van der Waals surface area (Å²) >= 11 is 0. The molecule has 0 aromatic heterocycles. The molecule has 0 saturated carbocycles. The lowest BCUT2D eigenvalue weighted by Gasteiger charge is -2.12. The van der Waals surface area contributed by atoms with E-state index in [1.807, 2.05) is 4.72 Å². The second-order valence-electron chi connectivity index (χ2n) is 7.96. The third-order valence-electron chi connectivity index (χ3n) is 5.07. The van der Waals surface area contributed by atoms with Gasteiger partial charge in [0.1, 0.15) is 10.6 Å². The molecule has 0 aliphatic carbocycles. The van der Waals surface area contributed by atoms with E-state index in [2.05, 4.69) is 12.2 Å². The van der Waals surface area contributed by atoms with Gasteiger partial charge in [0.15, 0.2) is 0 Å². The van der Waals surface area contributed by atoms with Gasteiger partial charge < -0.3 is 10.1 Å². The zero-order valence-electron chi connectivity index (χ0n) is 19.4. The van der Waals surface area contributed by atoms with E-state index in [0.717, 1.165) is 19.8 Å². The third-order valence-corrected chi connectivity index (χ3v) is 6.56. The second-order valence-corrected chi connectivity index (χ2v) is 9.61.